The minimum absolute atomic E-state index is 0.304. The molecule has 0 aliphatic heterocycles. The van der Waals surface area contributed by atoms with Crippen molar-refractivity contribution in [1.29, 1.82) is 0 Å². The van der Waals surface area contributed by atoms with Crippen molar-refractivity contribution in [1.82, 2.24) is 20.8 Å². The Morgan fingerprint density at radius 2 is 0.975 bits per heavy atom. The van der Waals surface area contributed by atoms with Gasteiger partial charge in [0.2, 0.25) is 0 Å². The van der Waals surface area contributed by atoms with E-state index in [0.717, 1.165) is 44.1 Å². The number of H-pyrrole nitrogens is 2. The molecule has 0 spiro atoms. The van der Waals surface area contributed by atoms with Crippen LogP contribution in [-0.4, -0.2) is 34.2 Å². The average Bonchev–Trinajstić information content (AvgIpc) is 3.68. The molecule has 0 aliphatic rings. The molecule has 8 heteroatoms. The molecule has 0 saturated carbocycles. The van der Waals surface area contributed by atoms with Gasteiger partial charge >= 0.3 is 0 Å². The van der Waals surface area contributed by atoms with Crippen LogP contribution in [0.15, 0.2) is 120 Å². The lowest BCUT2D eigenvalue weighted by atomic mass is 10.0. The number of nitrogens with one attached hydrogen (secondary N) is 4. The van der Waals surface area contributed by atoms with E-state index in [4.69, 9.17) is 0 Å². The zero-order valence-corrected chi connectivity index (χ0v) is 21.3. The van der Waals surface area contributed by atoms with E-state index in [9.17, 15) is 9.59 Å². The fourth-order valence-corrected chi connectivity index (χ4v) is 4.51. The predicted octanol–water partition coefficient (Wildman–Crippen LogP) is 5.84. The summed E-state index contributed by atoms with van der Waals surface area (Å²) in [5, 5.41) is 10.4. The average molecular weight is 525 g/mol. The Hall–Kier alpha value is -5.76. The van der Waals surface area contributed by atoms with Crippen molar-refractivity contribution in [3.8, 4) is 11.1 Å². The maximum Gasteiger partial charge on any atom is 0.271 e. The quantitative estimate of drug-likeness (QED) is 0.155. The molecular weight excluding hydrogens is 500 g/mol. The molecular formula is C32H24N6O2. The van der Waals surface area contributed by atoms with E-state index in [1.54, 1.807) is 36.7 Å². The lowest BCUT2D eigenvalue weighted by molar-refractivity contribution is 0.0947. The van der Waals surface area contributed by atoms with Crippen LogP contribution in [0.3, 0.4) is 0 Å². The first-order valence-electron chi connectivity index (χ1n) is 12.7. The number of nitrogens with zero attached hydrogens (tertiary/aromatic N) is 2. The first-order valence-corrected chi connectivity index (χ1v) is 12.7. The molecule has 0 fully saturated rings. The van der Waals surface area contributed by atoms with E-state index in [0.29, 0.717) is 11.1 Å². The Kier molecular flexibility index (Phi) is 6.71. The third-order valence-corrected chi connectivity index (χ3v) is 6.61. The maximum absolute atomic E-state index is 12.6. The van der Waals surface area contributed by atoms with E-state index in [1.807, 2.05) is 85.2 Å². The molecule has 0 saturated heterocycles. The summed E-state index contributed by atoms with van der Waals surface area (Å²) in [6.07, 6.45) is 6.98. The molecule has 6 rings (SSSR count). The van der Waals surface area contributed by atoms with Gasteiger partial charge in [-0.3, -0.25) is 9.59 Å². The summed E-state index contributed by atoms with van der Waals surface area (Å²) in [6, 6.07) is 30.1. The first-order chi connectivity index (χ1) is 19.7. The highest BCUT2D eigenvalue weighted by atomic mass is 16.2. The van der Waals surface area contributed by atoms with Gasteiger partial charge < -0.3 is 9.97 Å². The van der Waals surface area contributed by atoms with E-state index >= 15 is 0 Å². The van der Waals surface area contributed by atoms with Crippen molar-refractivity contribution in [3.05, 3.63) is 132 Å². The molecule has 2 aromatic heterocycles. The number of carbonyl (C=O) groups excluding carboxylic acids is 2. The van der Waals surface area contributed by atoms with Crippen molar-refractivity contribution >= 4 is 46.0 Å². The van der Waals surface area contributed by atoms with Crippen LogP contribution in [-0.2, 0) is 0 Å². The van der Waals surface area contributed by atoms with Crippen molar-refractivity contribution < 1.29 is 9.59 Å². The highest BCUT2D eigenvalue weighted by Gasteiger charge is 2.08. The molecule has 40 heavy (non-hydrogen) atoms. The van der Waals surface area contributed by atoms with Crippen molar-refractivity contribution in [3.63, 3.8) is 0 Å². The van der Waals surface area contributed by atoms with Crippen LogP contribution < -0.4 is 10.9 Å². The van der Waals surface area contributed by atoms with Gasteiger partial charge in [-0.2, -0.15) is 10.2 Å². The molecule has 4 aromatic carbocycles. The SMILES string of the molecule is O=C(N/N=C/c1cccc2cc[nH]c12)c1ccc(-c2ccc(C(=O)N/N=C/c3cccc4cc[nH]c34)cc2)cc1. The van der Waals surface area contributed by atoms with Gasteiger partial charge in [0.1, 0.15) is 0 Å². The van der Waals surface area contributed by atoms with Crippen LogP contribution >= 0.6 is 0 Å². The third-order valence-electron chi connectivity index (χ3n) is 6.61. The van der Waals surface area contributed by atoms with Crippen LogP contribution in [0.5, 0.6) is 0 Å². The zero-order chi connectivity index (χ0) is 27.3. The smallest absolute Gasteiger partial charge is 0.271 e. The fourth-order valence-electron chi connectivity index (χ4n) is 4.51. The van der Waals surface area contributed by atoms with Gasteiger partial charge in [0.05, 0.1) is 23.5 Å². The summed E-state index contributed by atoms with van der Waals surface area (Å²) in [5.41, 5.74) is 11.7. The number of fused-ring (bicyclic) bond motifs is 2. The predicted molar refractivity (Wildman–Crippen MR) is 159 cm³/mol. The van der Waals surface area contributed by atoms with Crippen LogP contribution in [0.1, 0.15) is 31.8 Å². The minimum atomic E-state index is -0.304. The number of hydrogen-bond donors (Lipinski definition) is 4. The van der Waals surface area contributed by atoms with E-state index in [-0.39, 0.29) is 11.8 Å². The van der Waals surface area contributed by atoms with Gasteiger partial charge in [0, 0.05) is 45.4 Å². The van der Waals surface area contributed by atoms with Crippen LogP contribution in [0.2, 0.25) is 0 Å². The number of amides is 2. The van der Waals surface area contributed by atoms with Gasteiger partial charge in [-0.05, 0) is 47.5 Å². The van der Waals surface area contributed by atoms with Crippen molar-refractivity contribution in [2.45, 2.75) is 0 Å². The number of rotatable bonds is 7. The Morgan fingerprint density at radius 1 is 0.550 bits per heavy atom. The molecule has 0 bridgehead atoms. The van der Waals surface area contributed by atoms with Gasteiger partial charge in [0.15, 0.2) is 0 Å². The number of hydrazone groups is 2. The number of hydrogen-bond acceptors (Lipinski definition) is 4. The molecule has 0 atom stereocenters. The highest BCUT2D eigenvalue weighted by Crippen LogP contribution is 2.21. The van der Waals surface area contributed by atoms with Crippen molar-refractivity contribution in [2.75, 3.05) is 0 Å². The largest absolute Gasteiger partial charge is 0.361 e. The number of carbonyl (C=O) groups is 2. The second-order valence-electron chi connectivity index (χ2n) is 9.13. The Balaban J connectivity index is 1.06. The summed E-state index contributed by atoms with van der Waals surface area (Å²) < 4.78 is 0. The van der Waals surface area contributed by atoms with E-state index in [1.165, 1.54) is 0 Å². The lowest BCUT2D eigenvalue weighted by Gasteiger charge is -2.06. The minimum Gasteiger partial charge on any atom is -0.361 e. The molecule has 2 amide bonds. The van der Waals surface area contributed by atoms with Gasteiger partial charge in [-0.25, -0.2) is 10.9 Å². The summed E-state index contributed by atoms with van der Waals surface area (Å²) in [5.74, 6) is -0.608. The molecule has 0 unspecified atom stereocenters. The summed E-state index contributed by atoms with van der Waals surface area (Å²) in [6.45, 7) is 0. The monoisotopic (exact) mass is 524 g/mol. The van der Waals surface area contributed by atoms with Crippen LogP contribution in [0.25, 0.3) is 32.9 Å². The standard InChI is InChI=1S/C32H24N6O2/c39-31(37-35-19-27-5-1-3-23-15-17-33-29(23)27)25-11-7-21(8-12-25)22-9-13-26(14-10-22)32(40)38-36-20-28-6-2-4-24-16-18-34-30(24)28/h1-20,33-34H,(H,37,39)(H,38,40)/b35-19+,36-20+. The highest BCUT2D eigenvalue weighted by molar-refractivity contribution is 6.00. The van der Waals surface area contributed by atoms with Crippen molar-refractivity contribution in [2.24, 2.45) is 10.2 Å². The van der Waals surface area contributed by atoms with Crippen LogP contribution in [0, 0.1) is 0 Å². The lowest BCUT2D eigenvalue weighted by Crippen LogP contribution is -2.17. The Morgan fingerprint density at radius 3 is 1.40 bits per heavy atom. The summed E-state index contributed by atoms with van der Waals surface area (Å²) in [7, 11) is 0. The second kappa shape index (κ2) is 10.9. The molecule has 8 nitrogen and oxygen atoms in total. The zero-order valence-electron chi connectivity index (χ0n) is 21.3. The Labute approximate surface area is 229 Å². The molecule has 194 valence electrons. The summed E-state index contributed by atoms with van der Waals surface area (Å²) in [4.78, 5) is 31.5. The molecule has 0 aliphatic carbocycles. The summed E-state index contributed by atoms with van der Waals surface area (Å²) >= 11 is 0. The number of aromatic amines is 2. The number of para-hydroxylation sites is 2. The second-order valence-corrected chi connectivity index (χ2v) is 9.13. The van der Waals surface area contributed by atoms with E-state index in [2.05, 4.69) is 31.0 Å². The fraction of sp³-hybridized carbons (Fsp3) is 0. The topological polar surface area (TPSA) is 114 Å². The molecule has 4 N–H and O–H groups in total. The number of aromatic nitrogens is 2. The van der Waals surface area contributed by atoms with E-state index < -0.39 is 0 Å². The third kappa shape index (κ3) is 5.14. The van der Waals surface area contributed by atoms with Gasteiger partial charge in [-0.1, -0.05) is 60.7 Å². The van der Waals surface area contributed by atoms with Crippen LogP contribution in [0.4, 0.5) is 0 Å². The normalized spacial score (nSPS) is 11.5. The van der Waals surface area contributed by atoms with Gasteiger partial charge in [0.25, 0.3) is 11.8 Å². The van der Waals surface area contributed by atoms with Gasteiger partial charge in [-0.15, -0.1) is 0 Å². The number of benzene rings is 4. The molecule has 2 heterocycles. The first kappa shape index (κ1) is 24.6. The molecule has 6 aromatic rings. The molecule has 0 radical (unpaired) electrons. The Bertz CT molecular complexity index is 1740. The maximum atomic E-state index is 12.6.